The normalized spacial score (nSPS) is 17.0. The van der Waals surface area contributed by atoms with Gasteiger partial charge in [0.25, 0.3) is 0 Å². The lowest BCUT2D eigenvalue weighted by atomic mass is 10.1. The summed E-state index contributed by atoms with van der Waals surface area (Å²) in [6, 6.07) is 18.7. The molecule has 26 heavy (non-hydrogen) atoms. The van der Waals surface area contributed by atoms with E-state index in [1.807, 2.05) is 25.1 Å². The number of amides is 1. The Morgan fingerprint density at radius 2 is 1.58 bits per heavy atom. The number of aryl methyl sites for hydroxylation is 1. The maximum absolute atomic E-state index is 12.3. The summed E-state index contributed by atoms with van der Waals surface area (Å²) in [5.74, 6) is 0.105. The van der Waals surface area contributed by atoms with Gasteiger partial charge in [-0.15, -0.1) is 0 Å². The number of nitrogens with zero attached hydrogens (tertiary/aromatic N) is 2. The topological polar surface area (TPSA) is 35.6 Å². The maximum Gasteiger partial charge on any atom is 0.234 e. The van der Waals surface area contributed by atoms with Crippen LogP contribution in [0.5, 0.6) is 0 Å². The molecular weight excluding hydrogens is 322 g/mol. The molecule has 1 fully saturated rings. The zero-order chi connectivity index (χ0) is 18.4. The Balaban J connectivity index is 1.42. The molecule has 1 heterocycles. The molecule has 0 aromatic heterocycles. The third-order valence-electron chi connectivity index (χ3n) is 5.16. The fourth-order valence-corrected chi connectivity index (χ4v) is 3.45. The molecule has 1 amide bonds. The molecule has 0 saturated carbocycles. The first kappa shape index (κ1) is 18.6. The molecule has 1 saturated heterocycles. The molecule has 1 N–H and O–H groups in total. The van der Waals surface area contributed by atoms with E-state index in [1.165, 1.54) is 11.1 Å². The third kappa shape index (κ3) is 5.16. The molecule has 0 aliphatic carbocycles. The Hall–Kier alpha value is -2.17. The third-order valence-corrected chi connectivity index (χ3v) is 5.16. The minimum Gasteiger partial charge on any atom is -0.348 e. The summed E-state index contributed by atoms with van der Waals surface area (Å²) in [5.41, 5.74) is 3.89. The summed E-state index contributed by atoms with van der Waals surface area (Å²) >= 11 is 0. The molecular formula is C22H29N3O. The van der Waals surface area contributed by atoms with Crippen LogP contribution in [0.1, 0.15) is 29.7 Å². The van der Waals surface area contributed by atoms with Crippen molar-refractivity contribution < 1.29 is 4.79 Å². The average Bonchev–Trinajstić information content (AvgIpc) is 2.66. The number of benzene rings is 2. The quantitative estimate of drug-likeness (QED) is 0.869. The van der Waals surface area contributed by atoms with Gasteiger partial charge in [0.1, 0.15) is 0 Å². The summed E-state index contributed by atoms with van der Waals surface area (Å²) in [7, 11) is 0. The van der Waals surface area contributed by atoms with E-state index in [2.05, 4.69) is 58.4 Å². The fraction of sp³-hybridized carbons (Fsp3) is 0.409. The van der Waals surface area contributed by atoms with Crippen LogP contribution >= 0.6 is 0 Å². The number of rotatable bonds is 6. The number of nitrogens with one attached hydrogen (secondary N) is 1. The zero-order valence-corrected chi connectivity index (χ0v) is 15.8. The van der Waals surface area contributed by atoms with Crippen LogP contribution in [0.4, 0.5) is 0 Å². The minimum atomic E-state index is 0.0473. The van der Waals surface area contributed by atoms with E-state index in [-0.39, 0.29) is 11.9 Å². The second-order valence-corrected chi connectivity index (χ2v) is 7.18. The molecule has 2 aromatic rings. The highest BCUT2D eigenvalue weighted by Crippen LogP contribution is 2.13. The van der Waals surface area contributed by atoms with Crippen molar-refractivity contribution in [1.29, 1.82) is 0 Å². The summed E-state index contributed by atoms with van der Waals surface area (Å²) in [6.45, 7) is 9.59. The smallest absolute Gasteiger partial charge is 0.234 e. The predicted molar refractivity (Wildman–Crippen MR) is 106 cm³/mol. The first-order valence-corrected chi connectivity index (χ1v) is 9.45. The SMILES string of the molecule is Cc1ccccc1CN1CCN(CC(=O)N[C@@H](C)c2ccccc2)CC1. The Labute approximate surface area is 156 Å². The van der Waals surface area contributed by atoms with Crippen molar-refractivity contribution in [3.05, 3.63) is 71.3 Å². The van der Waals surface area contributed by atoms with E-state index in [0.717, 1.165) is 38.3 Å². The maximum atomic E-state index is 12.3. The van der Waals surface area contributed by atoms with E-state index in [1.54, 1.807) is 0 Å². The summed E-state index contributed by atoms with van der Waals surface area (Å²) in [6.07, 6.45) is 0. The predicted octanol–water partition coefficient (Wildman–Crippen LogP) is 2.99. The highest BCUT2D eigenvalue weighted by Gasteiger charge is 2.20. The highest BCUT2D eigenvalue weighted by atomic mass is 16.2. The Bertz CT molecular complexity index is 708. The lowest BCUT2D eigenvalue weighted by molar-refractivity contribution is -0.123. The lowest BCUT2D eigenvalue weighted by Crippen LogP contribution is -2.49. The van der Waals surface area contributed by atoms with Crippen LogP contribution < -0.4 is 5.32 Å². The lowest BCUT2D eigenvalue weighted by Gasteiger charge is -2.34. The van der Waals surface area contributed by atoms with E-state index < -0.39 is 0 Å². The average molecular weight is 351 g/mol. The fourth-order valence-electron chi connectivity index (χ4n) is 3.45. The second-order valence-electron chi connectivity index (χ2n) is 7.18. The zero-order valence-electron chi connectivity index (χ0n) is 15.8. The van der Waals surface area contributed by atoms with Crippen LogP contribution in [-0.4, -0.2) is 48.4 Å². The van der Waals surface area contributed by atoms with Gasteiger partial charge in [-0.05, 0) is 30.5 Å². The van der Waals surface area contributed by atoms with Gasteiger partial charge in [0.05, 0.1) is 12.6 Å². The molecule has 3 rings (SSSR count). The van der Waals surface area contributed by atoms with Gasteiger partial charge in [0.15, 0.2) is 0 Å². The van der Waals surface area contributed by atoms with Gasteiger partial charge >= 0.3 is 0 Å². The van der Waals surface area contributed by atoms with Gasteiger partial charge in [-0.1, -0.05) is 54.6 Å². The molecule has 4 heteroatoms. The molecule has 138 valence electrons. The molecule has 2 aromatic carbocycles. The van der Waals surface area contributed by atoms with Crippen molar-refractivity contribution >= 4 is 5.91 Å². The van der Waals surface area contributed by atoms with Crippen molar-refractivity contribution in [3.63, 3.8) is 0 Å². The molecule has 1 aliphatic heterocycles. The van der Waals surface area contributed by atoms with Crippen LogP contribution in [0, 0.1) is 6.92 Å². The number of carbonyl (C=O) groups excluding carboxylic acids is 1. The van der Waals surface area contributed by atoms with Crippen LogP contribution in [-0.2, 0) is 11.3 Å². The molecule has 0 unspecified atom stereocenters. The molecule has 1 atom stereocenters. The first-order valence-electron chi connectivity index (χ1n) is 9.45. The molecule has 1 aliphatic rings. The Morgan fingerprint density at radius 1 is 0.962 bits per heavy atom. The van der Waals surface area contributed by atoms with Crippen molar-refractivity contribution in [2.24, 2.45) is 0 Å². The van der Waals surface area contributed by atoms with E-state index in [0.29, 0.717) is 6.54 Å². The van der Waals surface area contributed by atoms with Crippen molar-refractivity contribution in [3.8, 4) is 0 Å². The van der Waals surface area contributed by atoms with Crippen LogP contribution in [0.2, 0.25) is 0 Å². The molecule has 4 nitrogen and oxygen atoms in total. The van der Waals surface area contributed by atoms with Crippen LogP contribution in [0.25, 0.3) is 0 Å². The van der Waals surface area contributed by atoms with Crippen molar-refractivity contribution in [2.75, 3.05) is 32.7 Å². The second kappa shape index (κ2) is 8.97. The Kier molecular flexibility index (Phi) is 6.42. The van der Waals surface area contributed by atoms with Gasteiger partial charge in [0.2, 0.25) is 5.91 Å². The van der Waals surface area contributed by atoms with E-state index in [9.17, 15) is 4.79 Å². The summed E-state index contributed by atoms with van der Waals surface area (Å²) in [5, 5.41) is 3.11. The minimum absolute atomic E-state index is 0.0473. The van der Waals surface area contributed by atoms with Gasteiger partial charge in [-0.25, -0.2) is 0 Å². The van der Waals surface area contributed by atoms with Crippen LogP contribution in [0.15, 0.2) is 54.6 Å². The first-order chi connectivity index (χ1) is 12.6. The van der Waals surface area contributed by atoms with Crippen molar-refractivity contribution in [2.45, 2.75) is 26.4 Å². The monoisotopic (exact) mass is 351 g/mol. The molecule has 0 spiro atoms. The highest BCUT2D eigenvalue weighted by molar-refractivity contribution is 5.78. The van der Waals surface area contributed by atoms with Gasteiger partial charge in [-0.2, -0.15) is 0 Å². The van der Waals surface area contributed by atoms with Crippen LogP contribution in [0.3, 0.4) is 0 Å². The molecule has 0 bridgehead atoms. The number of carbonyl (C=O) groups is 1. The molecule has 0 radical (unpaired) electrons. The standard InChI is InChI=1S/C22H29N3O/c1-18-8-6-7-11-21(18)16-24-12-14-25(15-13-24)17-22(26)23-19(2)20-9-4-3-5-10-20/h3-11,19H,12-17H2,1-2H3,(H,23,26)/t19-/m0/s1. The van der Waals surface area contributed by atoms with Gasteiger partial charge in [0, 0.05) is 32.7 Å². The van der Waals surface area contributed by atoms with E-state index >= 15 is 0 Å². The summed E-state index contributed by atoms with van der Waals surface area (Å²) in [4.78, 5) is 17.1. The van der Waals surface area contributed by atoms with Gasteiger partial charge < -0.3 is 5.32 Å². The van der Waals surface area contributed by atoms with Crippen molar-refractivity contribution in [1.82, 2.24) is 15.1 Å². The largest absolute Gasteiger partial charge is 0.348 e. The van der Waals surface area contributed by atoms with Gasteiger partial charge in [-0.3, -0.25) is 14.6 Å². The number of hydrogen-bond acceptors (Lipinski definition) is 3. The Morgan fingerprint density at radius 3 is 2.27 bits per heavy atom. The van der Waals surface area contributed by atoms with E-state index in [4.69, 9.17) is 0 Å². The number of piperazine rings is 1. The number of hydrogen-bond donors (Lipinski definition) is 1. The summed E-state index contributed by atoms with van der Waals surface area (Å²) < 4.78 is 0.